The highest BCUT2D eigenvalue weighted by atomic mass is 19.1. The van der Waals surface area contributed by atoms with E-state index in [1.807, 2.05) is 12.1 Å². The fourth-order valence-electron chi connectivity index (χ4n) is 2.80. The first-order valence-corrected chi connectivity index (χ1v) is 6.63. The summed E-state index contributed by atoms with van der Waals surface area (Å²) in [6.07, 6.45) is 2.80. The molecule has 0 bridgehead atoms. The largest absolute Gasteiger partial charge is 0.326 e. The molecule has 0 fully saturated rings. The molecule has 0 heterocycles. The third-order valence-electron chi connectivity index (χ3n) is 4.17. The monoisotopic (exact) mass is 252 g/mol. The topological polar surface area (TPSA) is 29.3 Å². The summed E-state index contributed by atoms with van der Waals surface area (Å²) in [6.45, 7) is 4.35. The highest BCUT2D eigenvalue weighted by Gasteiger charge is 2.35. The lowest BCUT2D eigenvalue weighted by atomic mass is 9.81. The number of nitrogens with zero attached hydrogens (tertiary/aromatic N) is 1. The Bertz CT molecular complexity index is 355. The Hall–Kier alpha value is -0.930. The summed E-state index contributed by atoms with van der Waals surface area (Å²) in [6, 6.07) is 6.68. The first-order chi connectivity index (χ1) is 8.46. The molecule has 0 spiro atoms. The van der Waals surface area contributed by atoms with Gasteiger partial charge in [0.25, 0.3) is 0 Å². The van der Waals surface area contributed by atoms with Crippen molar-refractivity contribution in [2.75, 3.05) is 14.1 Å². The van der Waals surface area contributed by atoms with Gasteiger partial charge >= 0.3 is 0 Å². The lowest BCUT2D eigenvalue weighted by Crippen LogP contribution is -2.57. The van der Waals surface area contributed by atoms with Crippen molar-refractivity contribution in [3.05, 3.63) is 35.6 Å². The molecule has 0 aliphatic rings. The maximum atomic E-state index is 12.9. The zero-order valence-electron chi connectivity index (χ0n) is 11.9. The predicted octanol–water partition coefficient (Wildman–Crippen LogP) is 2.82. The second kappa shape index (κ2) is 6.30. The quantitative estimate of drug-likeness (QED) is 0.843. The average molecular weight is 252 g/mol. The zero-order valence-corrected chi connectivity index (χ0v) is 11.9. The van der Waals surface area contributed by atoms with E-state index in [0.29, 0.717) is 0 Å². The predicted molar refractivity (Wildman–Crippen MR) is 75.1 cm³/mol. The van der Waals surface area contributed by atoms with Crippen LogP contribution >= 0.6 is 0 Å². The van der Waals surface area contributed by atoms with Gasteiger partial charge in [0.1, 0.15) is 5.82 Å². The minimum Gasteiger partial charge on any atom is -0.326 e. The van der Waals surface area contributed by atoms with Crippen molar-refractivity contribution >= 4 is 0 Å². The molecule has 0 saturated heterocycles. The molecule has 0 amide bonds. The smallest absolute Gasteiger partial charge is 0.123 e. The summed E-state index contributed by atoms with van der Waals surface area (Å²) < 4.78 is 12.9. The minimum atomic E-state index is -0.197. The van der Waals surface area contributed by atoms with Crippen LogP contribution in [0.2, 0.25) is 0 Å². The van der Waals surface area contributed by atoms with Crippen LogP contribution in [0.3, 0.4) is 0 Å². The van der Waals surface area contributed by atoms with Crippen LogP contribution in [0.15, 0.2) is 24.3 Å². The molecule has 2 N–H and O–H groups in total. The normalized spacial score (nSPS) is 13.9. The molecule has 18 heavy (non-hydrogen) atoms. The van der Waals surface area contributed by atoms with Gasteiger partial charge in [-0.1, -0.05) is 26.0 Å². The van der Waals surface area contributed by atoms with Crippen LogP contribution in [0.1, 0.15) is 32.3 Å². The number of nitrogens with two attached hydrogens (primary N) is 1. The van der Waals surface area contributed by atoms with E-state index < -0.39 is 0 Å². The molecular formula is C15H25FN2. The third kappa shape index (κ3) is 3.09. The van der Waals surface area contributed by atoms with Gasteiger partial charge in [-0.3, -0.25) is 0 Å². The van der Waals surface area contributed by atoms with Crippen molar-refractivity contribution in [2.24, 2.45) is 5.73 Å². The molecule has 1 rings (SSSR count). The number of rotatable bonds is 6. The van der Waals surface area contributed by atoms with Crippen molar-refractivity contribution in [1.82, 2.24) is 4.90 Å². The van der Waals surface area contributed by atoms with E-state index in [-0.39, 0.29) is 17.4 Å². The maximum Gasteiger partial charge on any atom is 0.123 e. The van der Waals surface area contributed by atoms with Gasteiger partial charge in [-0.25, -0.2) is 4.39 Å². The van der Waals surface area contributed by atoms with E-state index in [0.717, 1.165) is 24.8 Å². The molecule has 1 unspecified atom stereocenters. The zero-order chi connectivity index (χ0) is 13.8. The summed E-state index contributed by atoms with van der Waals surface area (Å²) in [5.74, 6) is -0.197. The van der Waals surface area contributed by atoms with E-state index in [9.17, 15) is 4.39 Å². The Morgan fingerprint density at radius 2 is 1.67 bits per heavy atom. The summed E-state index contributed by atoms with van der Waals surface area (Å²) in [7, 11) is 4.16. The summed E-state index contributed by atoms with van der Waals surface area (Å²) >= 11 is 0. The van der Waals surface area contributed by atoms with Crippen molar-refractivity contribution in [3.8, 4) is 0 Å². The number of benzene rings is 1. The van der Waals surface area contributed by atoms with Crippen LogP contribution in [0.25, 0.3) is 0 Å². The van der Waals surface area contributed by atoms with Crippen molar-refractivity contribution in [3.63, 3.8) is 0 Å². The van der Waals surface area contributed by atoms with Crippen molar-refractivity contribution in [1.29, 1.82) is 0 Å². The molecule has 1 aromatic rings. The highest BCUT2D eigenvalue weighted by molar-refractivity contribution is 5.18. The molecule has 0 aliphatic carbocycles. The SMILES string of the molecule is CCC(CC)(C(N)Cc1ccc(F)cc1)N(C)C. The van der Waals surface area contributed by atoms with Gasteiger partial charge in [0.2, 0.25) is 0 Å². The average Bonchev–Trinajstić information content (AvgIpc) is 2.34. The van der Waals surface area contributed by atoms with Gasteiger partial charge in [-0.2, -0.15) is 0 Å². The first kappa shape index (κ1) is 15.1. The third-order valence-corrected chi connectivity index (χ3v) is 4.17. The Morgan fingerprint density at radius 3 is 2.06 bits per heavy atom. The molecule has 2 nitrogen and oxygen atoms in total. The lowest BCUT2D eigenvalue weighted by Gasteiger charge is -2.43. The molecule has 102 valence electrons. The highest BCUT2D eigenvalue weighted by Crippen LogP contribution is 2.26. The number of hydrogen-bond donors (Lipinski definition) is 1. The molecule has 0 saturated carbocycles. The molecule has 0 aromatic heterocycles. The second-order valence-electron chi connectivity index (χ2n) is 5.14. The first-order valence-electron chi connectivity index (χ1n) is 6.63. The molecule has 0 radical (unpaired) electrons. The van der Waals surface area contributed by atoms with E-state index >= 15 is 0 Å². The van der Waals surface area contributed by atoms with E-state index in [1.54, 1.807) is 0 Å². The molecule has 3 heteroatoms. The number of likely N-dealkylation sites (N-methyl/N-ethyl adjacent to an activating group) is 1. The Labute approximate surface area is 110 Å². The van der Waals surface area contributed by atoms with Gasteiger partial charge < -0.3 is 10.6 Å². The Morgan fingerprint density at radius 1 is 1.17 bits per heavy atom. The van der Waals surface area contributed by atoms with E-state index in [2.05, 4.69) is 32.8 Å². The van der Waals surface area contributed by atoms with Crippen LogP contribution in [-0.4, -0.2) is 30.6 Å². The van der Waals surface area contributed by atoms with Crippen LogP contribution in [-0.2, 0) is 6.42 Å². The molecule has 1 atom stereocenters. The maximum absolute atomic E-state index is 12.9. The van der Waals surface area contributed by atoms with Gasteiger partial charge in [-0.15, -0.1) is 0 Å². The minimum absolute atomic E-state index is 0.00832. The fourth-order valence-corrected chi connectivity index (χ4v) is 2.80. The van der Waals surface area contributed by atoms with Crippen LogP contribution in [0, 0.1) is 5.82 Å². The summed E-state index contributed by atoms with van der Waals surface area (Å²) in [5.41, 5.74) is 7.51. The van der Waals surface area contributed by atoms with E-state index in [4.69, 9.17) is 5.73 Å². The number of halogens is 1. The molecule has 1 aromatic carbocycles. The Balaban J connectivity index is 2.85. The lowest BCUT2D eigenvalue weighted by molar-refractivity contribution is 0.105. The second-order valence-corrected chi connectivity index (χ2v) is 5.14. The molecular weight excluding hydrogens is 227 g/mol. The van der Waals surface area contributed by atoms with E-state index in [1.165, 1.54) is 12.1 Å². The van der Waals surface area contributed by atoms with Gasteiger partial charge in [0, 0.05) is 11.6 Å². The Kier molecular flexibility index (Phi) is 5.29. The molecule has 0 aliphatic heterocycles. The van der Waals surface area contributed by atoms with Crippen LogP contribution in [0.4, 0.5) is 4.39 Å². The number of hydrogen-bond acceptors (Lipinski definition) is 2. The van der Waals surface area contributed by atoms with Crippen molar-refractivity contribution < 1.29 is 4.39 Å². The van der Waals surface area contributed by atoms with Gasteiger partial charge in [-0.05, 0) is 51.1 Å². The fraction of sp³-hybridized carbons (Fsp3) is 0.600. The van der Waals surface area contributed by atoms with Gasteiger partial charge in [0.05, 0.1) is 0 Å². The summed E-state index contributed by atoms with van der Waals surface area (Å²) in [5, 5.41) is 0. The van der Waals surface area contributed by atoms with Crippen molar-refractivity contribution in [2.45, 2.75) is 44.7 Å². The van der Waals surface area contributed by atoms with Crippen LogP contribution < -0.4 is 5.73 Å². The van der Waals surface area contributed by atoms with Crippen LogP contribution in [0.5, 0.6) is 0 Å². The standard InChI is InChI=1S/C15H25FN2/c1-5-15(6-2,18(3)4)14(17)11-12-7-9-13(16)10-8-12/h7-10,14H,5-6,11,17H2,1-4H3. The van der Waals surface area contributed by atoms with Gasteiger partial charge in [0.15, 0.2) is 0 Å². The summed E-state index contributed by atoms with van der Waals surface area (Å²) in [4.78, 5) is 2.22.